The second kappa shape index (κ2) is 8.37. The highest BCUT2D eigenvalue weighted by Gasteiger charge is 2.34. The zero-order valence-corrected chi connectivity index (χ0v) is 18.2. The molecule has 0 saturated heterocycles. The number of hydrogen-bond acceptors (Lipinski definition) is 5. The van der Waals surface area contributed by atoms with Crippen molar-refractivity contribution in [1.82, 2.24) is 0 Å². The first kappa shape index (κ1) is 20.1. The van der Waals surface area contributed by atoms with Gasteiger partial charge in [0.1, 0.15) is 0 Å². The summed E-state index contributed by atoms with van der Waals surface area (Å²) in [5.74, 6) is 2.21. The Kier molecular flexibility index (Phi) is 5.43. The molecule has 0 radical (unpaired) electrons. The van der Waals surface area contributed by atoms with Gasteiger partial charge in [0.25, 0.3) is 0 Å². The Bertz CT molecular complexity index is 1010. The molecule has 5 heteroatoms. The van der Waals surface area contributed by atoms with Gasteiger partial charge in [0.2, 0.25) is 0 Å². The zero-order chi connectivity index (χ0) is 21.4. The molecule has 3 aliphatic rings. The van der Waals surface area contributed by atoms with Gasteiger partial charge in [0.15, 0.2) is 11.5 Å². The molecule has 0 aromatic heterocycles. The van der Waals surface area contributed by atoms with E-state index in [1.54, 1.807) is 14.2 Å². The molecule has 2 atom stereocenters. The Labute approximate surface area is 183 Å². The molecule has 2 aliphatic carbocycles. The average molecular weight is 420 g/mol. The van der Waals surface area contributed by atoms with Crippen LogP contribution in [-0.4, -0.2) is 38.5 Å². The second-order valence-electron chi connectivity index (χ2n) is 8.85. The number of nitrogens with zero attached hydrogens (tertiary/aromatic N) is 1. The molecule has 1 heterocycles. The number of benzene rings is 2. The lowest BCUT2D eigenvalue weighted by molar-refractivity contribution is 0.0486. The molecule has 0 unspecified atom stereocenters. The monoisotopic (exact) mass is 419 g/mol. The van der Waals surface area contributed by atoms with E-state index in [2.05, 4.69) is 12.1 Å². The van der Waals surface area contributed by atoms with Crippen LogP contribution in [0.5, 0.6) is 11.5 Å². The second-order valence-corrected chi connectivity index (χ2v) is 8.85. The molecule has 1 aliphatic heterocycles. The highest BCUT2D eigenvalue weighted by molar-refractivity contribution is 6.15. The molecular weight excluding hydrogens is 390 g/mol. The summed E-state index contributed by atoms with van der Waals surface area (Å²) in [6, 6.07) is 12.1. The maximum absolute atomic E-state index is 12.3. The molecule has 5 nitrogen and oxygen atoms in total. The van der Waals surface area contributed by atoms with Crippen LogP contribution in [0.15, 0.2) is 41.4 Å². The number of hydrogen-bond donors (Lipinski definition) is 0. The van der Waals surface area contributed by atoms with E-state index >= 15 is 0 Å². The maximum Gasteiger partial charge on any atom is 0.338 e. The van der Waals surface area contributed by atoms with Gasteiger partial charge in [-0.2, -0.15) is 0 Å². The molecule has 2 saturated carbocycles. The van der Waals surface area contributed by atoms with Gasteiger partial charge in [0.05, 0.1) is 38.1 Å². The van der Waals surface area contributed by atoms with E-state index in [1.807, 2.05) is 24.3 Å². The molecule has 2 fully saturated rings. The predicted octanol–water partition coefficient (Wildman–Crippen LogP) is 5.15. The van der Waals surface area contributed by atoms with E-state index in [4.69, 9.17) is 19.2 Å². The minimum absolute atomic E-state index is 0.247. The van der Waals surface area contributed by atoms with E-state index in [0.29, 0.717) is 29.8 Å². The summed E-state index contributed by atoms with van der Waals surface area (Å²) >= 11 is 0. The number of aliphatic imine (C=N–C) groups is 1. The molecular formula is C26H29NO4. The van der Waals surface area contributed by atoms with Crippen molar-refractivity contribution < 1.29 is 19.0 Å². The number of carbonyl (C=O) groups excluding carboxylic acids is 1. The smallest absolute Gasteiger partial charge is 0.338 e. The first-order chi connectivity index (χ1) is 15.2. The summed E-state index contributed by atoms with van der Waals surface area (Å²) in [6.45, 7) is 0.533. The minimum Gasteiger partial charge on any atom is -0.493 e. The van der Waals surface area contributed by atoms with Crippen molar-refractivity contribution in [3.63, 3.8) is 0 Å². The molecule has 5 rings (SSSR count). The lowest BCUT2D eigenvalue weighted by Crippen LogP contribution is -2.29. The van der Waals surface area contributed by atoms with E-state index in [1.165, 1.54) is 31.2 Å². The lowest BCUT2D eigenvalue weighted by atomic mass is 9.75. The normalized spacial score (nSPS) is 22.1. The third-order valence-corrected chi connectivity index (χ3v) is 6.78. The minimum atomic E-state index is -0.247. The number of methoxy groups -OCH3 is 2. The SMILES string of the molecule is COc1cc2c(cc1OC)[C@H]1CCCC[C@H]1N=C2c1ccc(C(=O)OCC2CC2)cc1. The van der Waals surface area contributed by atoms with Crippen molar-refractivity contribution in [2.45, 2.75) is 50.5 Å². The van der Waals surface area contributed by atoms with Crippen LogP contribution in [0.1, 0.15) is 71.5 Å². The zero-order valence-electron chi connectivity index (χ0n) is 18.2. The summed E-state index contributed by atoms with van der Waals surface area (Å²) in [5, 5.41) is 0. The predicted molar refractivity (Wildman–Crippen MR) is 120 cm³/mol. The highest BCUT2D eigenvalue weighted by Crippen LogP contribution is 2.44. The lowest BCUT2D eigenvalue weighted by Gasteiger charge is -2.35. The van der Waals surface area contributed by atoms with Crippen molar-refractivity contribution in [2.24, 2.45) is 10.9 Å². The van der Waals surface area contributed by atoms with Gasteiger partial charge in [-0.3, -0.25) is 4.99 Å². The van der Waals surface area contributed by atoms with Gasteiger partial charge in [-0.1, -0.05) is 25.0 Å². The molecule has 162 valence electrons. The van der Waals surface area contributed by atoms with Crippen LogP contribution in [-0.2, 0) is 4.74 Å². The molecule has 2 aromatic carbocycles. The quantitative estimate of drug-likeness (QED) is 0.608. The summed E-state index contributed by atoms with van der Waals surface area (Å²) in [7, 11) is 3.34. The number of rotatable bonds is 6. The first-order valence-corrected chi connectivity index (χ1v) is 11.3. The third-order valence-electron chi connectivity index (χ3n) is 6.78. The van der Waals surface area contributed by atoms with Crippen molar-refractivity contribution >= 4 is 11.7 Å². The summed E-state index contributed by atoms with van der Waals surface area (Å²) in [6.07, 6.45) is 7.04. The Balaban J connectivity index is 1.49. The highest BCUT2D eigenvalue weighted by atomic mass is 16.5. The molecule has 2 aromatic rings. The number of carbonyl (C=O) groups is 1. The number of fused-ring (bicyclic) bond motifs is 3. The van der Waals surface area contributed by atoms with Gasteiger partial charge in [-0.15, -0.1) is 0 Å². The van der Waals surface area contributed by atoms with E-state index in [9.17, 15) is 4.79 Å². The standard InChI is InChI=1S/C26H29NO4/c1-29-23-13-20-19-5-3-4-6-22(19)27-25(21(20)14-24(23)30-2)17-9-11-18(12-10-17)26(28)31-15-16-7-8-16/h9-14,16,19,22H,3-8,15H2,1-2H3/t19-,22-/m1/s1. The average Bonchev–Trinajstić information content (AvgIpc) is 3.65. The Morgan fingerprint density at radius 3 is 2.39 bits per heavy atom. The maximum atomic E-state index is 12.3. The Morgan fingerprint density at radius 2 is 1.68 bits per heavy atom. The summed E-state index contributed by atoms with van der Waals surface area (Å²) in [5.41, 5.74) is 4.96. The van der Waals surface area contributed by atoms with Crippen LogP contribution in [0.2, 0.25) is 0 Å². The fraction of sp³-hybridized carbons (Fsp3) is 0.462. The van der Waals surface area contributed by atoms with E-state index in [0.717, 1.165) is 35.4 Å². The fourth-order valence-electron chi connectivity index (χ4n) is 4.83. The molecule has 0 N–H and O–H groups in total. The van der Waals surface area contributed by atoms with Gasteiger partial charge in [0, 0.05) is 17.0 Å². The van der Waals surface area contributed by atoms with Crippen molar-refractivity contribution in [1.29, 1.82) is 0 Å². The molecule has 0 bridgehead atoms. The topological polar surface area (TPSA) is 57.1 Å². The van der Waals surface area contributed by atoms with Gasteiger partial charge in [-0.05, 0) is 61.4 Å². The third kappa shape index (κ3) is 3.93. The molecule has 31 heavy (non-hydrogen) atoms. The van der Waals surface area contributed by atoms with Crippen LogP contribution < -0.4 is 9.47 Å². The fourth-order valence-corrected chi connectivity index (χ4v) is 4.83. The van der Waals surface area contributed by atoms with Crippen LogP contribution in [0.4, 0.5) is 0 Å². The number of ether oxygens (including phenoxy) is 3. The van der Waals surface area contributed by atoms with Crippen molar-refractivity contribution in [2.75, 3.05) is 20.8 Å². The van der Waals surface area contributed by atoms with Crippen molar-refractivity contribution in [3.05, 3.63) is 58.7 Å². The van der Waals surface area contributed by atoms with Gasteiger partial charge in [-0.25, -0.2) is 4.79 Å². The van der Waals surface area contributed by atoms with E-state index in [-0.39, 0.29) is 12.0 Å². The van der Waals surface area contributed by atoms with Gasteiger partial charge >= 0.3 is 5.97 Å². The van der Waals surface area contributed by atoms with E-state index < -0.39 is 0 Å². The van der Waals surface area contributed by atoms with Crippen molar-refractivity contribution in [3.8, 4) is 11.5 Å². The largest absolute Gasteiger partial charge is 0.493 e. The first-order valence-electron chi connectivity index (χ1n) is 11.3. The Hall–Kier alpha value is -2.82. The van der Waals surface area contributed by atoms with Crippen LogP contribution >= 0.6 is 0 Å². The van der Waals surface area contributed by atoms with Crippen LogP contribution in [0.3, 0.4) is 0 Å². The summed E-state index contributed by atoms with van der Waals surface area (Å²) in [4.78, 5) is 17.5. The number of esters is 1. The summed E-state index contributed by atoms with van der Waals surface area (Å²) < 4.78 is 16.6. The van der Waals surface area contributed by atoms with Crippen LogP contribution in [0.25, 0.3) is 0 Å². The molecule has 0 amide bonds. The van der Waals surface area contributed by atoms with Crippen LogP contribution in [0, 0.1) is 5.92 Å². The van der Waals surface area contributed by atoms with Gasteiger partial charge < -0.3 is 14.2 Å². The molecule has 0 spiro atoms. The Morgan fingerprint density at radius 1 is 0.968 bits per heavy atom.